The smallest absolute Gasteiger partial charge is 0.322 e. The molecule has 6 nitrogen and oxygen atoms in total. The van der Waals surface area contributed by atoms with Crippen LogP contribution in [0.2, 0.25) is 0 Å². The van der Waals surface area contributed by atoms with E-state index in [1.54, 1.807) is 24.3 Å². The molecule has 1 aliphatic heterocycles. The monoisotopic (exact) mass is 368 g/mol. The van der Waals surface area contributed by atoms with E-state index in [1.807, 2.05) is 38.1 Å². The van der Waals surface area contributed by atoms with E-state index in [-0.39, 0.29) is 0 Å². The van der Waals surface area contributed by atoms with Crippen molar-refractivity contribution in [3.63, 3.8) is 0 Å². The van der Waals surface area contributed by atoms with Crippen LogP contribution in [0.3, 0.4) is 0 Å². The Labute approximate surface area is 158 Å². The molecule has 2 N–H and O–H groups in total. The first-order valence-electron chi connectivity index (χ1n) is 9.20. The summed E-state index contributed by atoms with van der Waals surface area (Å²) < 4.78 is 11.2. The van der Waals surface area contributed by atoms with E-state index in [2.05, 4.69) is 10.6 Å². The molecule has 1 fully saturated rings. The number of nitrogens with one attached hydrogen (secondary N) is 2. The first kappa shape index (κ1) is 18.8. The van der Waals surface area contributed by atoms with E-state index >= 15 is 0 Å². The van der Waals surface area contributed by atoms with Gasteiger partial charge in [-0.1, -0.05) is 38.1 Å². The van der Waals surface area contributed by atoms with E-state index in [0.29, 0.717) is 24.3 Å². The highest BCUT2D eigenvalue weighted by atomic mass is 16.5. The van der Waals surface area contributed by atoms with Crippen LogP contribution >= 0.6 is 0 Å². The van der Waals surface area contributed by atoms with Gasteiger partial charge < -0.3 is 14.8 Å². The van der Waals surface area contributed by atoms with Crippen molar-refractivity contribution in [3.8, 4) is 11.5 Å². The van der Waals surface area contributed by atoms with Gasteiger partial charge in [-0.05, 0) is 48.2 Å². The lowest BCUT2D eigenvalue weighted by Gasteiger charge is -2.27. The fourth-order valence-electron chi connectivity index (χ4n) is 3.07. The van der Waals surface area contributed by atoms with Gasteiger partial charge in [-0.3, -0.25) is 10.1 Å². The topological polar surface area (TPSA) is 76.7 Å². The van der Waals surface area contributed by atoms with Crippen molar-refractivity contribution >= 4 is 11.9 Å². The van der Waals surface area contributed by atoms with Crippen LogP contribution in [0.5, 0.6) is 11.5 Å². The molecule has 142 valence electrons. The van der Waals surface area contributed by atoms with Crippen LogP contribution in [0, 0.1) is 0 Å². The first-order valence-corrected chi connectivity index (χ1v) is 9.20. The molecule has 0 unspecified atom stereocenters. The summed E-state index contributed by atoms with van der Waals surface area (Å²) in [7, 11) is 0. The van der Waals surface area contributed by atoms with Gasteiger partial charge in [0.25, 0.3) is 5.91 Å². The molecular formula is C21H24N2O4. The van der Waals surface area contributed by atoms with Crippen LogP contribution in [0.15, 0.2) is 48.5 Å². The molecule has 3 rings (SSSR count). The number of carbonyl (C=O) groups is 2. The van der Waals surface area contributed by atoms with Crippen molar-refractivity contribution in [2.45, 2.75) is 32.2 Å². The molecule has 1 heterocycles. The van der Waals surface area contributed by atoms with Crippen molar-refractivity contribution in [2.24, 2.45) is 0 Å². The number of ether oxygens (including phenoxy) is 2. The predicted octanol–water partition coefficient (Wildman–Crippen LogP) is 3.35. The summed E-state index contributed by atoms with van der Waals surface area (Å²) in [6.45, 7) is 5.33. The van der Waals surface area contributed by atoms with E-state index in [1.165, 1.54) is 0 Å². The third-order valence-corrected chi connectivity index (χ3v) is 4.39. The average Bonchev–Trinajstić information content (AvgIpc) is 3.00. The molecule has 0 aromatic heterocycles. The summed E-state index contributed by atoms with van der Waals surface area (Å²) in [6.07, 6.45) is 1.83. The Kier molecular flexibility index (Phi) is 5.64. The molecule has 1 aliphatic rings. The zero-order valence-corrected chi connectivity index (χ0v) is 15.6. The third kappa shape index (κ3) is 3.74. The highest BCUT2D eigenvalue weighted by molar-refractivity contribution is 6.09. The number of carbonyl (C=O) groups excluding carboxylic acids is 2. The zero-order valence-electron chi connectivity index (χ0n) is 15.6. The molecule has 2 aromatic rings. The Balaban J connectivity index is 1.96. The summed E-state index contributed by atoms with van der Waals surface area (Å²) in [5.41, 5.74) is 0.0535. The third-order valence-electron chi connectivity index (χ3n) is 4.39. The SMILES string of the molecule is CCCOc1ccc(C2(c3ccc(OCCC)cc3)NC(=O)NC2=O)cc1. The second-order valence-electron chi connectivity index (χ2n) is 6.40. The van der Waals surface area contributed by atoms with Gasteiger partial charge in [0.2, 0.25) is 0 Å². The van der Waals surface area contributed by atoms with Crippen LogP contribution in [0.1, 0.15) is 37.8 Å². The van der Waals surface area contributed by atoms with Gasteiger partial charge in [-0.15, -0.1) is 0 Å². The van der Waals surface area contributed by atoms with Crippen LogP contribution < -0.4 is 20.1 Å². The molecule has 3 amide bonds. The first-order chi connectivity index (χ1) is 13.1. The molecule has 0 saturated carbocycles. The molecule has 0 bridgehead atoms. The van der Waals surface area contributed by atoms with E-state index in [4.69, 9.17) is 9.47 Å². The number of imide groups is 1. The summed E-state index contributed by atoms with van der Waals surface area (Å²) in [4.78, 5) is 24.7. The number of urea groups is 1. The van der Waals surface area contributed by atoms with Crippen LogP contribution in [0.25, 0.3) is 0 Å². The van der Waals surface area contributed by atoms with Gasteiger partial charge in [0, 0.05) is 0 Å². The lowest BCUT2D eigenvalue weighted by Crippen LogP contribution is -2.44. The molecule has 6 heteroatoms. The Morgan fingerprint density at radius 3 is 1.56 bits per heavy atom. The zero-order chi connectivity index (χ0) is 19.3. The van der Waals surface area contributed by atoms with E-state index in [0.717, 1.165) is 24.3 Å². The number of amides is 3. The van der Waals surface area contributed by atoms with Gasteiger partial charge >= 0.3 is 6.03 Å². The van der Waals surface area contributed by atoms with Crippen molar-refractivity contribution < 1.29 is 19.1 Å². The Hall–Kier alpha value is -3.02. The number of hydrogen-bond donors (Lipinski definition) is 2. The summed E-state index contributed by atoms with van der Waals surface area (Å²) in [5, 5.41) is 5.14. The maximum atomic E-state index is 12.8. The average molecular weight is 368 g/mol. The molecule has 0 spiro atoms. The number of hydrogen-bond acceptors (Lipinski definition) is 4. The number of benzene rings is 2. The molecule has 0 atom stereocenters. The minimum absolute atomic E-state index is 0.406. The van der Waals surface area contributed by atoms with Crippen LogP contribution in [-0.2, 0) is 10.3 Å². The molecular weight excluding hydrogens is 344 g/mol. The lowest BCUT2D eigenvalue weighted by atomic mass is 9.83. The second-order valence-corrected chi connectivity index (χ2v) is 6.40. The highest BCUT2D eigenvalue weighted by Crippen LogP contribution is 2.34. The van der Waals surface area contributed by atoms with Gasteiger partial charge in [0.05, 0.1) is 13.2 Å². The van der Waals surface area contributed by atoms with Crippen molar-refractivity contribution in [2.75, 3.05) is 13.2 Å². The second kappa shape index (κ2) is 8.12. The van der Waals surface area contributed by atoms with Gasteiger partial charge in [0.1, 0.15) is 11.5 Å². The molecule has 27 heavy (non-hydrogen) atoms. The minimum atomic E-state index is -1.27. The summed E-state index contributed by atoms with van der Waals surface area (Å²) >= 11 is 0. The Bertz CT molecular complexity index is 748. The van der Waals surface area contributed by atoms with Crippen molar-refractivity contribution in [1.29, 1.82) is 0 Å². The largest absolute Gasteiger partial charge is 0.494 e. The highest BCUT2D eigenvalue weighted by Gasteiger charge is 2.49. The van der Waals surface area contributed by atoms with Crippen LogP contribution in [-0.4, -0.2) is 25.2 Å². The minimum Gasteiger partial charge on any atom is -0.494 e. The van der Waals surface area contributed by atoms with Crippen molar-refractivity contribution in [1.82, 2.24) is 10.6 Å². The van der Waals surface area contributed by atoms with Crippen LogP contribution in [0.4, 0.5) is 4.79 Å². The Morgan fingerprint density at radius 2 is 1.22 bits per heavy atom. The Morgan fingerprint density at radius 1 is 0.778 bits per heavy atom. The molecule has 2 aromatic carbocycles. The standard InChI is InChI=1S/C21H24N2O4/c1-3-13-26-17-9-5-15(6-10-17)21(19(24)22-20(25)23-21)16-7-11-18(12-8-16)27-14-4-2/h5-12H,3-4,13-14H2,1-2H3,(H2,22,23,24,25). The molecule has 0 aliphatic carbocycles. The molecule has 0 radical (unpaired) electrons. The van der Waals surface area contributed by atoms with E-state index < -0.39 is 17.5 Å². The van der Waals surface area contributed by atoms with E-state index in [9.17, 15) is 9.59 Å². The fourth-order valence-corrected chi connectivity index (χ4v) is 3.07. The maximum absolute atomic E-state index is 12.8. The van der Waals surface area contributed by atoms with Gasteiger partial charge in [-0.25, -0.2) is 4.79 Å². The van der Waals surface area contributed by atoms with Gasteiger partial charge in [-0.2, -0.15) is 0 Å². The maximum Gasteiger partial charge on any atom is 0.322 e. The normalized spacial score (nSPS) is 15.2. The quantitative estimate of drug-likeness (QED) is 0.701. The predicted molar refractivity (Wildman–Crippen MR) is 102 cm³/mol. The van der Waals surface area contributed by atoms with Gasteiger partial charge in [0.15, 0.2) is 5.54 Å². The fraction of sp³-hybridized carbons (Fsp3) is 0.333. The lowest BCUT2D eigenvalue weighted by molar-refractivity contribution is -0.122. The van der Waals surface area contributed by atoms with Crippen molar-refractivity contribution in [3.05, 3.63) is 59.7 Å². The number of rotatable bonds is 8. The molecule has 1 saturated heterocycles. The summed E-state index contributed by atoms with van der Waals surface area (Å²) in [6, 6.07) is 13.9. The summed E-state index contributed by atoms with van der Waals surface area (Å²) in [5.74, 6) is 1.05.